The van der Waals surface area contributed by atoms with E-state index in [1.807, 2.05) is 6.92 Å². The summed E-state index contributed by atoms with van der Waals surface area (Å²) >= 11 is 0. The molecule has 0 aliphatic carbocycles. The van der Waals surface area contributed by atoms with Crippen molar-refractivity contribution in [3.05, 3.63) is 147 Å². The number of carbonyl (C=O) groups is 2. The molecule has 1 amide bonds. The molecule has 3 heterocycles. The number of hydrogen-bond acceptors (Lipinski definition) is 9. The number of fused-ring (bicyclic) bond motifs is 1. The van der Waals surface area contributed by atoms with E-state index in [0.717, 1.165) is 28.4 Å². The molecule has 270 valence electrons. The Labute approximate surface area is 300 Å². The van der Waals surface area contributed by atoms with Crippen LogP contribution in [-0.2, 0) is 33.0 Å². The third-order valence-electron chi connectivity index (χ3n) is 8.52. The van der Waals surface area contributed by atoms with Gasteiger partial charge >= 0.3 is 11.7 Å². The maximum Gasteiger partial charge on any atom is 0.335 e. The Hall–Kier alpha value is -6.55. The van der Waals surface area contributed by atoms with Crippen molar-refractivity contribution >= 4 is 38.5 Å². The van der Waals surface area contributed by atoms with Gasteiger partial charge in [0.05, 0.1) is 40.5 Å². The molecule has 3 aromatic heterocycles. The first-order valence-electron chi connectivity index (χ1n) is 15.9. The van der Waals surface area contributed by atoms with Crippen LogP contribution < -0.4 is 21.3 Å². The number of nitrogens with one attached hydrogen (secondary N) is 2. The number of amides is 1. The van der Waals surface area contributed by atoms with E-state index in [2.05, 4.69) is 20.0 Å². The molecule has 0 fully saturated rings. The molecule has 0 spiro atoms. The molecule has 3 aromatic carbocycles. The number of methoxy groups -OCH3 is 1. The summed E-state index contributed by atoms with van der Waals surface area (Å²) in [5.74, 6) is -5.01. The molecule has 2 N–H and O–H groups in total. The van der Waals surface area contributed by atoms with E-state index in [4.69, 9.17) is 4.74 Å². The van der Waals surface area contributed by atoms with Gasteiger partial charge in [-0.2, -0.15) is 0 Å². The van der Waals surface area contributed by atoms with Crippen LogP contribution in [0.2, 0.25) is 0 Å². The number of sulfonamides is 1. The molecule has 16 heteroatoms. The zero-order valence-electron chi connectivity index (χ0n) is 28.3. The number of benzene rings is 3. The molecule has 0 saturated carbocycles. The maximum atomic E-state index is 15.3. The molecule has 1 atom stereocenters. The van der Waals surface area contributed by atoms with Gasteiger partial charge in [-0.25, -0.2) is 31.4 Å². The van der Waals surface area contributed by atoms with Gasteiger partial charge in [-0.05, 0) is 77.7 Å². The van der Waals surface area contributed by atoms with Gasteiger partial charge in [0.25, 0.3) is 21.5 Å². The lowest BCUT2D eigenvalue weighted by molar-refractivity contribution is -0.142. The molecule has 6 aromatic rings. The zero-order valence-corrected chi connectivity index (χ0v) is 29.1. The molecule has 0 radical (unpaired) electrons. The standard InChI is InChI=1S/C37H30F2N6O7S/c1-21-19-40-14-12-27(21)23-6-10-26(11-7-23)53(50,51)43-24-17-29(38)33(30(39)18-24)34(46)42-31(36(48)52-3)16-22-4-8-25(9-5-22)45-35(47)28-13-15-41-20-32(28)44(2)37(45)49/h4-15,17-20,31,43H,16H2,1-3H3,(H,42,46)/t31-/m0/s1. The molecule has 0 unspecified atom stereocenters. The Kier molecular flexibility index (Phi) is 9.98. The number of nitrogens with zero attached hydrogens (tertiary/aromatic N) is 4. The second-order valence-corrected chi connectivity index (χ2v) is 13.6. The van der Waals surface area contributed by atoms with Crippen LogP contribution in [-0.4, -0.2) is 52.5 Å². The number of esters is 1. The average Bonchev–Trinajstić information content (AvgIpc) is 3.14. The van der Waals surface area contributed by atoms with Crippen molar-refractivity contribution in [2.24, 2.45) is 7.05 Å². The topological polar surface area (TPSA) is 171 Å². The van der Waals surface area contributed by atoms with E-state index in [0.29, 0.717) is 23.2 Å². The van der Waals surface area contributed by atoms with Crippen LogP contribution in [0.1, 0.15) is 21.5 Å². The molecule has 53 heavy (non-hydrogen) atoms. The van der Waals surface area contributed by atoms with Gasteiger partial charge in [-0.15, -0.1) is 0 Å². The fraction of sp³-hybridized carbons (Fsp3) is 0.135. The van der Waals surface area contributed by atoms with Crippen LogP contribution in [0, 0.1) is 18.6 Å². The molecular weight excluding hydrogens is 711 g/mol. The summed E-state index contributed by atoms with van der Waals surface area (Å²) in [6.07, 6.45) is 5.93. The number of carbonyl (C=O) groups excluding carboxylic acids is 2. The lowest BCUT2D eigenvalue weighted by Gasteiger charge is -2.18. The lowest BCUT2D eigenvalue weighted by Crippen LogP contribution is -2.43. The second-order valence-electron chi connectivity index (χ2n) is 11.9. The highest BCUT2D eigenvalue weighted by atomic mass is 32.2. The van der Waals surface area contributed by atoms with E-state index in [-0.39, 0.29) is 22.4 Å². The molecule has 0 saturated heterocycles. The van der Waals surface area contributed by atoms with E-state index >= 15 is 8.78 Å². The highest BCUT2D eigenvalue weighted by Gasteiger charge is 2.27. The Morgan fingerprint density at radius 2 is 1.55 bits per heavy atom. The largest absolute Gasteiger partial charge is 0.467 e. The number of ether oxygens (including phenoxy) is 1. The number of rotatable bonds is 10. The molecule has 13 nitrogen and oxygen atoms in total. The molecular formula is C37H30F2N6O7S. The summed E-state index contributed by atoms with van der Waals surface area (Å²) in [5.41, 5.74) is 0.779. The van der Waals surface area contributed by atoms with Gasteiger partial charge in [0, 0.05) is 32.1 Å². The first kappa shape index (κ1) is 36.2. The highest BCUT2D eigenvalue weighted by molar-refractivity contribution is 7.92. The fourth-order valence-electron chi connectivity index (χ4n) is 5.78. The Balaban J connectivity index is 1.18. The molecule has 6 rings (SSSR count). The fourth-order valence-corrected chi connectivity index (χ4v) is 6.82. The normalized spacial score (nSPS) is 11.9. The van der Waals surface area contributed by atoms with Crippen LogP contribution in [0.4, 0.5) is 14.5 Å². The van der Waals surface area contributed by atoms with Gasteiger partial charge < -0.3 is 10.1 Å². The minimum absolute atomic E-state index is 0.172. The average molecular weight is 741 g/mol. The zero-order chi connectivity index (χ0) is 38.0. The van der Waals surface area contributed by atoms with Crippen molar-refractivity contribution in [3.63, 3.8) is 0 Å². The number of aryl methyl sites for hydroxylation is 2. The molecule has 0 aliphatic heterocycles. The number of hydrogen-bond donors (Lipinski definition) is 2. The van der Waals surface area contributed by atoms with E-state index < -0.39 is 62.1 Å². The van der Waals surface area contributed by atoms with Crippen LogP contribution in [0.15, 0.2) is 112 Å². The van der Waals surface area contributed by atoms with Crippen LogP contribution >= 0.6 is 0 Å². The predicted octanol–water partition coefficient (Wildman–Crippen LogP) is 4.05. The number of anilines is 1. The van der Waals surface area contributed by atoms with Crippen molar-refractivity contribution in [2.45, 2.75) is 24.3 Å². The molecule has 0 aliphatic rings. The Morgan fingerprint density at radius 3 is 2.19 bits per heavy atom. The quantitative estimate of drug-likeness (QED) is 0.197. The number of aromatic nitrogens is 4. The predicted molar refractivity (Wildman–Crippen MR) is 191 cm³/mol. The maximum absolute atomic E-state index is 15.3. The van der Waals surface area contributed by atoms with Crippen molar-refractivity contribution in [1.29, 1.82) is 0 Å². The van der Waals surface area contributed by atoms with Crippen molar-refractivity contribution < 1.29 is 31.5 Å². The minimum Gasteiger partial charge on any atom is -0.467 e. The van der Waals surface area contributed by atoms with Gasteiger partial charge in [0.15, 0.2) is 0 Å². The highest BCUT2D eigenvalue weighted by Crippen LogP contribution is 2.26. The van der Waals surface area contributed by atoms with Gasteiger partial charge in [-0.3, -0.25) is 28.8 Å². The number of halogens is 2. The van der Waals surface area contributed by atoms with Crippen molar-refractivity contribution in [2.75, 3.05) is 11.8 Å². The monoisotopic (exact) mass is 740 g/mol. The summed E-state index contributed by atoms with van der Waals surface area (Å²) in [7, 11) is -1.72. The van der Waals surface area contributed by atoms with Gasteiger partial charge in [0.1, 0.15) is 23.2 Å². The van der Waals surface area contributed by atoms with Crippen LogP contribution in [0.5, 0.6) is 0 Å². The SMILES string of the molecule is COC(=O)[C@H](Cc1ccc(-n2c(=O)c3ccncc3n(C)c2=O)cc1)NC(=O)c1c(F)cc(NS(=O)(=O)c2ccc(-c3ccncc3C)cc2)cc1F. The number of pyridine rings is 2. The summed E-state index contributed by atoms with van der Waals surface area (Å²) < 4.78 is 65.8. The van der Waals surface area contributed by atoms with E-state index in [9.17, 15) is 27.6 Å². The summed E-state index contributed by atoms with van der Waals surface area (Å²) in [6, 6.07) is 15.0. The van der Waals surface area contributed by atoms with Gasteiger partial charge in [0.2, 0.25) is 0 Å². The van der Waals surface area contributed by atoms with E-state index in [1.54, 1.807) is 30.6 Å². The summed E-state index contributed by atoms with van der Waals surface area (Å²) in [6.45, 7) is 1.86. The summed E-state index contributed by atoms with van der Waals surface area (Å²) in [5, 5.41) is 2.54. The Morgan fingerprint density at radius 1 is 0.906 bits per heavy atom. The van der Waals surface area contributed by atoms with E-state index in [1.165, 1.54) is 66.5 Å². The van der Waals surface area contributed by atoms with Crippen molar-refractivity contribution in [3.8, 4) is 16.8 Å². The first-order valence-corrected chi connectivity index (χ1v) is 17.3. The van der Waals surface area contributed by atoms with Crippen LogP contribution in [0.25, 0.3) is 27.7 Å². The summed E-state index contributed by atoms with van der Waals surface area (Å²) in [4.78, 5) is 59.8. The molecule has 0 bridgehead atoms. The second kappa shape index (κ2) is 14.6. The first-order chi connectivity index (χ1) is 25.3. The van der Waals surface area contributed by atoms with Gasteiger partial charge in [-0.1, -0.05) is 24.3 Å². The third kappa shape index (κ3) is 7.30. The van der Waals surface area contributed by atoms with Crippen molar-refractivity contribution in [1.82, 2.24) is 24.4 Å². The van der Waals surface area contributed by atoms with Crippen LogP contribution in [0.3, 0.4) is 0 Å². The minimum atomic E-state index is -4.29. The Bertz CT molecular complexity index is 2600. The smallest absolute Gasteiger partial charge is 0.335 e. The lowest BCUT2D eigenvalue weighted by atomic mass is 10.0. The third-order valence-corrected chi connectivity index (χ3v) is 9.91.